The Morgan fingerprint density at radius 2 is 2.14 bits per heavy atom. The van der Waals surface area contributed by atoms with E-state index in [4.69, 9.17) is 5.11 Å². The second kappa shape index (κ2) is 7.08. The minimum Gasteiger partial charge on any atom is -0.395 e. The van der Waals surface area contributed by atoms with Crippen LogP contribution in [0.25, 0.3) is 0 Å². The quantitative estimate of drug-likeness (QED) is 0.826. The summed E-state index contributed by atoms with van der Waals surface area (Å²) in [7, 11) is 1.62. The SMILES string of the molecule is CN(CCO)C(=O)NC1CC(=O)N(Cc2ccccc2)C1. The summed E-state index contributed by atoms with van der Waals surface area (Å²) in [5.74, 6) is 0.0500. The number of rotatable bonds is 5. The molecule has 2 rings (SSSR count). The molecule has 0 radical (unpaired) electrons. The van der Waals surface area contributed by atoms with E-state index < -0.39 is 0 Å². The Hall–Kier alpha value is -2.08. The van der Waals surface area contributed by atoms with Crippen molar-refractivity contribution in [1.82, 2.24) is 15.1 Å². The van der Waals surface area contributed by atoms with Gasteiger partial charge in [0.05, 0.1) is 12.6 Å². The standard InChI is InChI=1S/C15H21N3O3/c1-17(7-8-19)15(21)16-13-9-14(20)18(11-13)10-12-5-3-2-4-6-12/h2-6,13,19H,7-11H2,1H3,(H,16,21). The largest absolute Gasteiger partial charge is 0.395 e. The highest BCUT2D eigenvalue weighted by Gasteiger charge is 2.30. The first-order chi connectivity index (χ1) is 10.1. The van der Waals surface area contributed by atoms with Crippen molar-refractivity contribution in [2.24, 2.45) is 0 Å². The van der Waals surface area contributed by atoms with Crippen molar-refractivity contribution < 1.29 is 14.7 Å². The lowest BCUT2D eigenvalue weighted by atomic mass is 10.2. The Morgan fingerprint density at radius 3 is 2.81 bits per heavy atom. The molecule has 3 amide bonds. The average molecular weight is 291 g/mol. The van der Waals surface area contributed by atoms with Crippen molar-refractivity contribution in [3.8, 4) is 0 Å². The lowest BCUT2D eigenvalue weighted by molar-refractivity contribution is -0.128. The van der Waals surface area contributed by atoms with Crippen molar-refractivity contribution in [1.29, 1.82) is 0 Å². The molecule has 0 bridgehead atoms. The number of likely N-dealkylation sites (tertiary alicyclic amines) is 1. The van der Waals surface area contributed by atoms with Gasteiger partial charge in [0.2, 0.25) is 5.91 Å². The van der Waals surface area contributed by atoms with Crippen molar-refractivity contribution in [2.45, 2.75) is 19.0 Å². The van der Waals surface area contributed by atoms with Crippen LogP contribution in [0.3, 0.4) is 0 Å². The number of carbonyl (C=O) groups is 2. The van der Waals surface area contributed by atoms with Gasteiger partial charge in [-0.05, 0) is 5.56 Å². The first-order valence-electron chi connectivity index (χ1n) is 7.04. The zero-order valence-corrected chi connectivity index (χ0v) is 12.2. The summed E-state index contributed by atoms with van der Waals surface area (Å²) in [5.41, 5.74) is 1.08. The maximum atomic E-state index is 12.0. The number of nitrogens with zero attached hydrogens (tertiary/aromatic N) is 2. The Kier molecular flexibility index (Phi) is 5.16. The van der Waals surface area contributed by atoms with Crippen molar-refractivity contribution in [3.05, 3.63) is 35.9 Å². The van der Waals surface area contributed by atoms with Crippen LogP contribution in [0, 0.1) is 0 Å². The number of aliphatic hydroxyl groups excluding tert-OH is 1. The van der Waals surface area contributed by atoms with Gasteiger partial charge in [-0.15, -0.1) is 0 Å². The molecule has 1 aliphatic heterocycles. The lowest BCUT2D eigenvalue weighted by Crippen LogP contribution is -2.45. The molecule has 1 atom stereocenters. The molecule has 21 heavy (non-hydrogen) atoms. The highest BCUT2D eigenvalue weighted by molar-refractivity contribution is 5.81. The molecule has 1 aromatic rings. The molecule has 1 unspecified atom stereocenters. The second-order valence-electron chi connectivity index (χ2n) is 5.26. The number of hydrogen-bond donors (Lipinski definition) is 2. The third-order valence-corrected chi connectivity index (χ3v) is 3.54. The molecular weight excluding hydrogens is 270 g/mol. The van der Waals surface area contributed by atoms with Gasteiger partial charge in [-0.1, -0.05) is 30.3 Å². The van der Waals surface area contributed by atoms with Gasteiger partial charge in [-0.25, -0.2) is 4.79 Å². The van der Waals surface area contributed by atoms with E-state index in [1.54, 1.807) is 11.9 Å². The summed E-state index contributed by atoms with van der Waals surface area (Å²) in [6.45, 7) is 1.29. The van der Waals surface area contributed by atoms with Crippen LogP contribution in [0.1, 0.15) is 12.0 Å². The van der Waals surface area contributed by atoms with Crippen LogP contribution < -0.4 is 5.32 Å². The van der Waals surface area contributed by atoms with E-state index in [1.165, 1.54) is 4.90 Å². The van der Waals surface area contributed by atoms with Gasteiger partial charge in [0.1, 0.15) is 0 Å². The first-order valence-corrected chi connectivity index (χ1v) is 7.04. The van der Waals surface area contributed by atoms with Crippen LogP contribution in [0.2, 0.25) is 0 Å². The molecule has 6 heteroatoms. The van der Waals surface area contributed by atoms with Crippen molar-refractivity contribution in [2.75, 3.05) is 26.7 Å². The molecule has 114 valence electrons. The number of amides is 3. The summed E-state index contributed by atoms with van der Waals surface area (Å²) in [4.78, 5) is 27.0. The van der Waals surface area contributed by atoms with Crippen LogP contribution in [-0.2, 0) is 11.3 Å². The summed E-state index contributed by atoms with van der Waals surface area (Å²) in [6, 6.07) is 9.36. The van der Waals surface area contributed by atoms with Crippen molar-refractivity contribution in [3.63, 3.8) is 0 Å². The second-order valence-corrected chi connectivity index (χ2v) is 5.26. The fourth-order valence-electron chi connectivity index (χ4n) is 2.36. The monoisotopic (exact) mass is 291 g/mol. The van der Waals surface area contributed by atoms with E-state index in [2.05, 4.69) is 5.32 Å². The average Bonchev–Trinajstić information content (AvgIpc) is 2.80. The fraction of sp³-hybridized carbons (Fsp3) is 0.467. The van der Waals surface area contributed by atoms with Crippen LogP contribution in [0.5, 0.6) is 0 Å². The van der Waals surface area contributed by atoms with Gasteiger partial charge in [0.15, 0.2) is 0 Å². The van der Waals surface area contributed by atoms with Gasteiger partial charge >= 0.3 is 6.03 Å². The molecule has 6 nitrogen and oxygen atoms in total. The molecule has 1 aromatic carbocycles. The van der Waals surface area contributed by atoms with E-state index in [-0.39, 0.29) is 31.1 Å². The van der Waals surface area contributed by atoms with Crippen LogP contribution in [0.15, 0.2) is 30.3 Å². The van der Waals surface area contributed by atoms with E-state index in [0.29, 0.717) is 19.5 Å². The fourth-order valence-corrected chi connectivity index (χ4v) is 2.36. The number of hydrogen-bond acceptors (Lipinski definition) is 3. The normalized spacial score (nSPS) is 17.9. The smallest absolute Gasteiger partial charge is 0.317 e. The zero-order valence-electron chi connectivity index (χ0n) is 12.2. The lowest BCUT2D eigenvalue weighted by Gasteiger charge is -2.20. The van der Waals surface area contributed by atoms with Crippen molar-refractivity contribution >= 4 is 11.9 Å². The predicted molar refractivity (Wildman–Crippen MR) is 78.5 cm³/mol. The number of nitrogens with one attached hydrogen (secondary N) is 1. The summed E-state index contributed by atoms with van der Waals surface area (Å²) in [6.07, 6.45) is 0.325. The van der Waals surface area contributed by atoms with E-state index in [9.17, 15) is 9.59 Å². The van der Waals surface area contributed by atoms with Gasteiger partial charge in [0.25, 0.3) is 0 Å². The molecule has 0 aliphatic carbocycles. The Bertz CT molecular complexity index is 492. The van der Waals surface area contributed by atoms with Gasteiger partial charge in [0, 0.05) is 33.1 Å². The molecule has 1 fully saturated rings. The predicted octanol–water partition coefficient (Wildman–Crippen LogP) is 0.421. The third kappa shape index (κ3) is 4.19. The van der Waals surface area contributed by atoms with Gasteiger partial charge < -0.3 is 20.2 Å². The molecule has 1 saturated heterocycles. The molecule has 1 heterocycles. The molecule has 0 saturated carbocycles. The maximum Gasteiger partial charge on any atom is 0.317 e. The van der Waals surface area contributed by atoms with Gasteiger partial charge in [-0.2, -0.15) is 0 Å². The number of urea groups is 1. The molecule has 1 aliphatic rings. The molecule has 0 aromatic heterocycles. The first kappa shape index (κ1) is 15.3. The summed E-state index contributed by atoms with van der Waals surface area (Å²) < 4.78 is 0. The zero-order chi connectivity index (χ0) is 15.2. The number of likely N-dealkylation sites (N-methyl/N-ethyl adjacent to an activating group) is 1. The van der Waals surface area contributed by atoms with E-state index in [0.717, 1.165) is 5.56 Å². The van der Waals surface area contributed by atoms with E-state index in [1.807, 2.05) is 30.3 Å². The molecule has 0 spiro atoms. The Labute approximate surface area is 124 Å². The topological polar surface area (TPSA) is 72.9 Å². The summed E-state index contributed by atoms with van der Waals surface area (Å²) >= 11 is 0. The number of aliphatic hydroxyl groups is 1. The minimum absolute atomic E-state index is 0.0500. The minimum atomic E-state index is -0.261. The van der Waals surface area contributed by atoms with E-state index >= 15 is 0 Å². The Morgan fingerprint density at radius 1 is 1.43 bits per heavy atom. The third-order valence-electron chi connectivity index (χ3n) is 3.54. The van der Waals surface area contributed by atoms with Crippen LogP contribution >= 0.6 is 0 Å². The summed E-state index contributed by atoms with van der Waals surface area (Å²) in [5, 5.41) is 11.6. The maximum absolute atomic E-state index is 12.0. The number of carbonyl (C=O) groups excluding carboxylic acids is 2. The van der Waals surface area contributed by atoms with Crippen LogP contribution in [-0.4, -0.2) is 59.6 Å². The number of benzene rings is 1. The molecule has 2 N–H and O–H groups in total. The highest BCUT2D eigenvalue weighted by atomic mass is 16.3. The van der Waals surface area contributed by atoms with Gasteiger partial charge in [-0.3, -0.25) is 4.79 Å². The molecular formula is C15H21N3O3. The Balaban J connectivity index is 1.86. The van der Waals surface area contributed by atoms with Crippen LogP contribution in [0.4, 0.5) is 4.79 Å². The highest BCUT2D eigenvalue weighted by Crippen LogP contribution is 2.15.